The first-order valence-electron chi connectivity index (χ1n) is 7.75. The number of aromatic nitrogens is 3. The molecule has 0 saturated heterocycles. The third-order valence-corrected chi connectivity index (χ3v) is 4.75. The Hall–Kier alpha value is -3.13. The van der Waals surface area contributed by atoms with Crippen LogP contribution in [-0.2, 0) is 0 Å². The second-order valence-corrected chi connectivity index (χ2v) is 6.75. The number of fused-ring (bicyclic) bond motifs is 3. The monoisotopic (exact) mass is 412 g/mol. The minimum Gasteiger partial charge on any atom is -0.506 e. The second kappa shape index (κ2) is 5.99. The number of halogens is 1. The molecule has 26 heavy (non-hydrogen) atoms. The van der Waals surface area contributed by atoms with Gasteiger partial charge in [0, 0.05) is 16.5 Å². The number of benzene rings is 2. The third kappa shape index (κ3) is 2.55. The fourth-order valence-electron chi connectivity index (χ4n) is 2.82. The van der Waals surface area contributed by atoms with Gasteiger partial charge in [-0.05, 0) is 47.1 Å². The molecule has 0 saturated carbocycles. The highest BCUT2D eigenvalue weighted by Crippen LogP contribution is 2.26. The van der Waals surface area contributed by atoms with Gasteiger partial charge in [0.15, 0.2) is 0 Å². The van der Waals surface area contributed by atoms with E-state index in [1.54, 1.807) is 18.2 Å². The molecule has 130 valence electrons. The third-order valence-electron chi connectivity index (χ3n) is 4.11. The van der Waals surface area contributed by atoms with Gasteiger partial charge in [-0.2, -0.15) is 5.10 Å². The van der Waals surface area contributed by atoms with Crippen LogP contribution in [0, 0.1) is 6.92 Å². The van der Waals surface area contributed by atoms with E-state index in [2.05, 4.69) is 31.0 Å². The molecule has 0 aliphatic carbocycles. The van der Waals surface area contributed by atoms with Gasteiger partial charge >= 0.3 is 11.2 Å². The number of para-hydroxylation sites is 1. The summed E-state index contributed by atoms with van der Waals surface area (Å²) in [7, 11) is 0. The first-order chi connectivity index (χ1) is 12.5. The predicted molar refractivity (Wildman–Crippen MR) is 104 cm³/mol. The van der Waals surface area contributed by atoms with Crippen molar-refractivity contribution in [3.8, 4) is 5.75 Å². The van der Waals surface area contributed by atoms with Crippen molar-refractivity contribution in [1.29, 1.82) is 0 Å². The number of phenolic OH excluding ortho intramolecular Hbond substituents is 1. The van der Waals surface area contributed by atoms with Crippen molar-refractivity contribution in [2.75, 3.05) is 0 Å². The normalized spacial score (nSPS) is 11.8. The maximum atomic E-state index is 12.7. The summed E-state index contributed by atoms with van der Waals surface area (Å²) in [5.74, 6) is -0.0251. The van der Waals surface area contributed by atoms with Gasteiger partial charge in [-0.3, -0.25) is 4.79 Å². The van der Waals surface area contributed by atoms with Gasteiger partial charge in [0.2, 0.25) is 0 Å². The Bertz CT molecular complexity index is 1310. The van der Waals surface area contributed by atoms with Gasteiger partial charge < -0.3 is 15.1 Å². The van der Waals surface area contributed by atoms with Crippen molar-refractivity contribution in [2.24, 2.45) is 5.10 Å². The molecule has 0 fully saturated rings. The standard InChI is InChI=1S/C18H13BrN4O3/c1-9-5-6-13-11(7-9)14-15(21-13)17(25)23(18(26)22-14)20-8-10-3-2-4-12(19)16(10)24/h2-8,21,24H,1H3,(H,22,26)/b20-8+. The number of rotatable bonds is 2. The van der Waals surface area contributed by atoms with Gasteiger partial charge in [0.05, 0.1) is 16.2 Å². The Balaban J connectivity index is 1.92. The largest absolute Gasteiger partial charge is 0.506 e. The molecule has 3 N–H and O–H groups in total. The van der Waals surface area contributed by atoms with E-state index in [1.807, 2.05) is 25.1 Å². The molecule has 0 radical (unpaired) electrons. The van der Waals surface area contributed by atoms with Gasteiger partial charge in [0.25, 0.3) is 0 Å². The molecular formula is C18H13BrN4O3. The number of nitrogens with one attached hydrogen (secondary N) is 2. The predicted octanol–water partition coefficient (Wildman–Crippen LogP) is 2.83. The zero-order chi connectivity index (χ0) is 18.4. The van der Waals surface area contributed by atoms with E-state index in [-0.39, 0.29) is 11.3 Å². The van der Waals surface area contributed by atoms with E-state index >= 15 is 0 Å². The molecule has 7 nitrogen and oxygen atoms in total. The molecule has 0 amide bonds. The van der Waals surface area contributed by atoms with Crippen molar-refractivity contribution >= 4 is 44.1 Å². The highest BCUT2D eigenvalue weighted by molar-refractivity contribution is 9.10. The van der Waals surface area contributed by atoms with Crippen LogP contribution in [0.3, 0.4) is 0 Å². The lowest BCUT2D eigenvalue weighted by molar-refractivity contribution is 0.471. The Morgan fingerprint density at radius 2 is 1.96 bits per heavy atom. The number of hydrogen-bond acceptors (Lipinski definition) is 4. The average Bonchev–Trinajstić information content (AvgIpc) is 2.96. The van der Waals surface area contributed by atoms with Gasteiger partial charge in [-0.25, -0.2) is 4.79 Å². The van der Waals surface area contributed by atoms with Crippen molar-refractivity contribution < 1.29 is 5.11 Å². The molecule has 8 heteroatoms. The Kier molecular flexibility index (Phi) is 3.77. The van der Waals surface area contributed by atoms with Crippen LogP contribution in [-0.4, -0.2) is 26.0 Å². The van der Waals surface area contributed by atoms with E-state index in [0.717, 1.165) is 21.1 Å². The fourth-order valence-corrected chi connectivity index (χ4v) is 3.20. The Morgan fingerprint density at radius 1 is 1.15 bits per heavy atom. The minimum atomic E-state index is -0.657. The number of H-pyrrole nitrogens is 2. The highest BCUT2D eigenvalue weighted by atomic mass is 79.9. The summed E-state index contributed by atoms with van der Waals surface area (Å²) in [6, 6.07) is 10.7. The summed E-state index contributed by atoms with van der Waals surface area (Å²) in [5, 5.41) is 14.7. The molecule has 2 aromatic carbocycles. The van der Waals surface area contributed by atoms with E-state index in [9.17, 15) is 14.7 Å². The summed E-state index contributed by atoms with van der Waals surface area (Å²) in [6.07, 6.45) is 1.26. The maximum Gasteiger partial charge on any atom is 0.350 e. The molecule has 0 unspecified atom stereocenters. The summed E-state index contributed by atoms with van der Waals surface area (Å²) in [6.45, 7) is 1.94. The van der Waals surface area contributed by atoms with E-state index in [0.29, 0.717) is 15.6 Å². The van der Waals surface area contributed by atoms with Gasteiger partial charge in [-0.15, -0.1) is 4.68 Å². The molecule has 0 aliphatic rings. The van der Waals surface area contributed by atoms with Crippen molar-refractivity contribution in [3.63, 3.8) is 0 Å². The smallest absolute Gasteiger partial charge is 0.350 e. The van der Waals surface area contributed by atoms with Gasteiger partial charge in [0.1, 0.15) is 11.3 Å². The summed E-state index contributed by atoms with van der Waals surface area (Å²) in [5.41, 5.74) is 1.64. The Morgan fingerprint density at radius 3 is 2.77 bits per heavy atom. The van der Waals surface area contributed by atoms with Crippen LogP contribution in [0.1, 0.15) is 11.1 Å². The van der Waals surface area contributed by atoms with E-state index in [4.69, 9.17) is 0 Å². The number of phenols is 1. The number of hydrogen-bond donors (Lipinski definition) is 3. The summed E-state index contributed by atoms with van der Waals surface area (Å²) >= 11 is 3.21. The quantitative estimate of drug-likeness (QED) is 0.441. The molecule has 0 atom stereocenters. The molecular weight excluding hydrogens is 400 g/mol. The summed E-state index contributed by atoms with van der Waals surface area (Å²) in [4.78, 5) is 30.8. The van der Waals surface area contributed by atoms with E-state index in [1.165, 1.54) is 6.21 Å². The first kappa shape index (κ1) is 16.3. The first-order valence-corrected chi connectivity index (χ1v) is 8.54. The molecule has 4 aromatic rings. The Labute approximate surface area is 154 Å². The highest BCUT2D eigenvalue weighted by Gasteiger charge is 2.13. The van der Waals surface area contributed by atoms with Crippen LogP contribution in [0.4, 0.5) is 0 Å². The zero-order valence-electron chi connectivity index (χ0n) is 13.6. The summed E-state index contributed by atoms with van der Waals surface area (Å²) < 4.78 is 1.22. The van der Waals surface area contributed by atoms with Crippen LogP contribution >= 0.6 is 15.9 Å². The number of aryl methyl sites for hydroxylation is 1. The molecule has 0 bridgehead atoms. The second-order valence-electron chi connectivity index (χ2n) is 5.89. The SMILES string of the molecule is Cc1ccc2[nH]c3c(=O)n(/N=C/c4cccc(Br)c4O)c(=O)[nH]c3c2c1. The van der Waals surface area contributed by atoms with E-state index < -0.39 is 11.2 Å². The minimum absolute atomic E-state index is 0.0251. The fraction of sp³-hybridized carbons (Fsp3) is 0.0556. The van der Waals surface area contributed by atoms with Crippen LogP contribution in [0.15, 0.2) is 55.6 Å². The van der Waals surface area contributed by atoms with Crippen LogP contribution in [0.2, 0.25) is 0 Å². The number of nitrogens with zero attached hydrogens (tertiary/aromatic N) is 2. The molecule has 0 aliphatic heterocycles. The van der Waals surface area contributed by atoms with Crippen LogP contribution < -0.4 is 11.2 Å². The van der Waals surface area contributed by atoms with Crippen molar-refractivity contribution in [1.82, 2.24) is 14.6 Å². The number of aromatic hydroxyl groups is 1. The zero-order valence-corrected chi connectivity index (χ0v) is 15.2. The lowest BCUT2D eigenvalue weighted by Crippen LogP contribution is -2.32. The topological polar surface area (TPSA) is 103 Å². The average molecular weight is 413 g/mol. The lowest BCUT2D eigenvalue weighted by Gasteiger charge is -2.01. The number of aromatic amines is 2. The van der Waals surface area contributed by atoms with Crippen LogP contribution in [0.25, 0.3) is 21.9 Å². The van der Waals surface area contributed by atoms with Crippen molar-refractivity contribution in [2.45, 2.75) is 6.92 Å². The molecule has 4 rings (SSSR count). The lowest BCUT2D eigenvalue weighted by atomic mass is 10.2. The molecule has 2 aromatic heterocycles. The van der Waals surface area contributed by atoms with Gasteiger partial charge in [-0.1, -0.05) is 17.7 Å². The van der Waals surface area contributed by atoms with Crippen LogP contribution in [0.5, 0.6) is 5.75 Å². The van der Waals surface area contributed by atoms with Crippen molar-refractivity contribution in [3.05, 3.63) is 72.8 Å². The molecule has 2 heterocycles. The maximum absolute atomic E-state index is 12.7. The molecule has 0 spiro atoms.